The van der Waals surface area contributed by atoms with Crippen LogP contribution in [0, 0.1) is 11.3 Å². The summed E-state index contributed by atoms with van der Waals surface area (Å²) in [5.41, 5.74) is 0.370. The highest BCUT2D eigenvalue weighted by Crippen LogP contribution is 2.40. The zero-order valence-electron chi connectivity index (χ0n) is 13.3. The van der Waals surface area contributed by atoms with E-state index in [4.69, 9.17) is 5.11 Å². The lowest BCUT2D eigenvalue weighted by molar-refractivity contribution is -0.141. The maximum Gasteiger partial charge on any atom is 0.248 e. The summed E-state index contributed by atoms with van der Waals surface area (Å²) in [5.74, 6) is 0.503. The van der Waals surface area contributed by atoms with Crippen molar-refractivity contribution in [3.05, 3.63) is 0 Å². The fourth-order valence-electron chi connectivity index (χ4n) is 3.71. The second-order valence-electron chi connectivity index (χ2n) is 7.25. The molecular weight excluding hydrogens is 268 g/mol. The number of aliphatic hydroxyl groups excluding tert-OH is 1. The molecular formula is C16H28N2O3. The molecule has 120 valence electrons. The molecule has 2 rings (SSSR count). The average Bonchev–Trinajstić information content (AvgIpc) is 2.45. The van der Waals surface area contributed by atoms with Crippen LogP contribution in [0.2, 0.25) is 0 Å². The normalized spacial score (nSPS) is 25.8. The Hall–Kier alpha value is -1.10. The lowest BCUT2D eigenvalue weighted by Gasteiger charge is -2.38. The molecule has 1 heterocycles. The first-order valence-electron chi connectivity index (χ1n) is 8.08. The van der Waals surface area contributed by atoms with Crippen LogP contribution < -0.4 is 0 Å². The Balaban J connectivity index is 1.78. The van der Waals surface area contributed by atoms with Crippen LogP contribution in [0.3, 0.4) is 0 Å². The zero-order valence-corrected chi connectivity index (χ0v) is 13.3. The molecule has 1 N–H and O–H groups in total. The van der Waals surface area contributed by atoms with Gasteiger partial charge in [0.1, 0.15) is 6.61 Å². The molecule has 2 fully saturated rings. The molecule has 2 aliphatic rings. The highest BCUT2D eigenvalue weighted by molar-refractivity contribution is 5.79. The molecule has 5 nitrogen and oxygen atoms in total. The van der Waals surface area contributed by atoms with Crippen LogP contribution in [-0.2, 0) is 9.59 Å². The second kappa shape index (κ2) is 6.77. The smallest absolute Gasteiger partial charge is 0.248 e. The largest absolute Gasteiger partial charge is 0.387 e. The number of nitrogens with zero attached hydrogens (tertiary/aromatic N) is 2. The first-order chi connectivity index (χ1) is 9.91. The lowest BCUT2D eigenvalue weighted by Crippen LogP contribution is -2.51. The Labute approximate surface area is 127 Å². The van der Waals surface area contributed by atoms with Gasteiger partial charge in [-0.05, 0) is 30.6 Å². The summed E-state index contributed by atoms with van der Waals surface area (Å²) in [6.07, 6.45) is 5.45. The molecule has 0 bridgehead atoms. The third-order valence-corrected chi connectivity index (χ3v) is 4.89. The van der Waals surface area contributed by atoms with Gasteiger partial charge in [-0.3, -0.25) is 9.59 Å². The SMILES string of the molecule is CC1(C)CCCC(CC(=O)N2CCN(C(=O)CO)CC2)C1. The van der Waals surface area contributed by atoms with Crippen molar-refractivity contribution >= 4 is 11.8 Å². The topological polar surface area (TPSA) is 60.9 Å². The van der Waals surface area contributed by atoms with Gasteiger partial charge in [-0.25, -0.2) is 0 Å². The number of carbonyl (C=O) groups is 2. The molecule has 1 unspecified atom stereocenters. The lowest BCUT2D eigenvalue weighted by atomic mass is 9.71. The number of hydrogen-bond acceptors (Lipinski definition) is 3. The van der Waals surface area contributed by atoms with E-state index in [-0.39, 0.29) is 11.8 Å². The highest BCUT2D eigenvalue weighted by atomic mass is 16.3. The molecule has 0 spiro atoms. The van der Waals surface area contributed by atoms with Crippen LogP contribution in [0.4, 0.5) is 0 Å². The number of aliphatic hydroxyl groups is 1. The van der Waals surface area contributed by atoms with Crippen molar-refractivity contribution in [1.82, 2.24) is 9.80 Å². The van der Waals surface area contributed by atoms with Crippen LogP contribution in [0.15, 0.2) is 0 Å². The van der Waals surface area contributed by atoms with Gasteiger partial charge in [-0.1, -0.05) is 20.3 Å². The molecule has 0 aromatic carbocycles. The molecule has 1 saturated heterocycles. The Kier molecular flexibility index (Phi) is 5.25. The van der Waals surface area contributed by atoms with Gasteiger partial charge in [0.15, 0.2) is 0 Å². The Bertz CT molecular complexity index is 387. The van der Waals surface area contributed by atoms with Gasteiger partial charge >= 0.3 is 0 Å². The molecule has 0 aromatic rings. The molecule has 0 aromatic heterocycles. The van der Waals surface area contributed by atoms with Crippen molar-refractivity contribution in [2.24, 2.45) is 11.3 Å². The standard InChI is InChI=1S/C16H28N2O3/c1-16(2)5-3-4-13(11-16)10-14(20)17-6-8-18(9-7-17)15(21)12-19/h13,19H,3-12H2,1-2H3. The number of hydrogen-bond donors (Lipinski definition) is 1. The van der Waals surface area contributed by atoms with Crippen molar-refractivity contribution in [3.8, 4) is 0 Å². The minimum Gasteiger partial charge on any atom is -0.387 e. The van der Waals surface area contributed by atoms with Crippen molar-refractivity contribution in [3.63, 3.8) is 0 Å². The summed E-state index contributed by atoms with van der Waals surface area (Å²) < 4.78 is 0. The summed E-state index contributed by atoms with van der Waals surface area (Å²) in [7, 11) is 0. The molecule has 1 aliphatic heterocycles. The molecule has 5 heteroatoms. The van der Waals surface area contributed by atoms with E-state index in [2.05, 4.69) is 13.8 Å². The van der Waals surface area contributed by atoms with Gasteiger partial charge in [-0.15, -0.1) is 0 Å². The maximum atomic E-state index is 12.4. The minimum atomic E-state index is -0.439. The van der Waals surface area contributed by atoms with Crippen molar-refractivity contribution in [2.45, 2.75) is 46.0 Å². The maximum absolute atomic E-state index is 12.4. The van der Waals surface area contributed by atoms with E-state index in [0.29, 0.717) is 43.9 Å². The molecule has 0 radical (unpaired) electrons. The van der Waals surface area contributed by atoms with Gasteiger partial charge in [0.05, 0.1) is 0 Å². The van der Waals surface area contributed by atoms with E-state index in [0.717, 1.165) is 12.8 Å². The minimum absolute atomic E-state index is 0.230. The Morgan fingerprint density at radius 2 is 1.67 bits per heavy atom. The van der Waals surface area contributed by atoms with E-state index < -0.39 is 6.61 Å². The van der Waals surface area contributed by atoms with E-state index in [1.54, 1.807) is 4.90 Å². The molecule has 1 aliphatic carbocycles. The third kappa shape index (κ3) is 4.43. The van der Waals surface area contributed by atoms with Crippen LogP contribution in [0.5, 0.6) is 0 Å². The monoisotopic (exact) mass is 296 g/mol. The Morgan fingerprint density at radius 3 is 2.19 bits per heavy atom. The number of carbonyl (C=O) groups excluding carboxylic acids is 2. The summed E-state index contributed by atoms with van der Waals surface area (Å²) in [6.45, 7) is 6.43. The number of amides is 2. The number of rotatable bonds is 3. The van der Waals surface area contributed by atoms with Crippen molar-refractivity contribution < 1.29 is 14.7 Å². The second-order valence-corrected chi connectivity index (χ2v) is 7.25. The summed E-state index contributed by atoms with van der Waals surface area (Å²) >= 11 is 0. The van der Waals surface area contributed by atoms with Crippen LogP contribution in [0.25, 0.3) is 0 Å². The fourth-order valence-corrected chi connectivity index (χ4v) is 3.71. The van der Waals surface area contributed by atoms with E-state index in [9.17, 15) is 9.59 Å². The Morgan fingerprint density at radius 1 is 1.10 bits per heavy atom. The van der Waals surface area contributed by atoms with Gasteiger partial charge in [0, 0.05) is 32.6 Å². The molecule has 1 saturated carbocycles. The molecule has 1 atom stereocenters. The van der Waals surface area contributed by atoms with E-state index in [1.807, 2.05) is 4.90 Å². The van der Waals surface area contributed by atoms with Gasteiger partial charge in [0.2, 0.25) is 11.8 Å². The summed E-state index contributed by atoms with van der Waals surface area (Å²) in [4.78, 5) is 27.3. The van der Waals surface area contributed by atoms with Gasteiger partial charge in [0.25, 0.3) is 0 Å². The molecule has 21 heavy (non-hydrogen) atoms. The third-order valence-electron chi connectivity index (χ3n) is 4.89. The van der Waals surface area contributed by atoms with Crippen LogP contribution in [0.1, 0.15) is 46.0 Å². The van der Waals surface area contributed by atoms with Gasteiger partial charge in [-0.2, -0.15) is 0 Å². The first kappa shape index (κ1) is 16.3. The van der Waals surface area contributed by atoms with Crippen LogP contribution >= 0.6 is 0 Å². The highest BCUT2D eigenvalue weighted by Gasteiger charge is 2.31. The van der Waals surface area contributed by atoms with Crippen LogP contribution in [-0.4, -0.2) is 59.5 Å². The van der Waals surface area contributed by atoms with Gasteiger partial charge < -0.3 is 14.9 Å². The summed E-state index contributed by atoms with van der Waals surface area (Å²) in [6, 6.07) is 0. The molecule has 2 amide bonds. The number of piperazine rings is 1. The zero-order chi connectivity index (χ0) is 15.5. The first-order valence-corrected chi connectivity index (χ1v) is 8.08. The van der Waals surface area contributed by atoms with Crippen molar-refractivity contribution in [1.29, 1.82) is 0 Å². The van der Waals surface area contributed by atoms with E-state index >= 15 is 0 Å². The predicted octanol–water partition coefficient (Wildman–Crippen LogP) is 1.26. The van der Waals surface area contributed by atoms with Crippen molar-refractivity contribution in [2.75, 3.05) is 32.8 Å². The average molecular weight is 296 g/mol. The summed E-state index contributed by atoms with van der Waals surface area (Å²) in [5, 5.41) is 8.86. The quantitative estimate of drug-likeness (QED) is 0.853. The van der Waals surface area contributed by atoms with E-state index in [1.165, 1.54) is 12.8 Å². The predicted molar refractivity (Wildman–Crippen MR) is 80.6 cm³/mol. The fraction of sp³-hybridized carbons (Fsp3) is 0.875.